The van der Waals surface area contributed by atoms with Crippen molar-refractivity contribution in [3.63, 3.8) is 0 Å². The van der Waals surface area contributed by atoms with Crippen LogP contribution in [0.1, 0.15) is 30.2 Å². The fourth-order valence-electron chi connectivity index (χ4n) is 3.29. The minimum atomic E-state index is -0.422. The number of carbonyl (C=O) groups excluding carboxylic acids is 1. The molecule has 0 unspecified atom stereocenters. The number of hydrogen-bond acceptors (Lipinski definition) is 6. The summed E-state index contributed by atoms with van der Waals surface area (Å²) in [6.45, 7) is 8.24. The molecule has 2 aromatic rings. The van der Waals surface area contributed by atoms with Gasteiger partial charge in [0.1, 0.15) is 5.82 Å². The Morgan fingerprint density at radius 1 is 1.25 bits per heavy atom. The zero-order valence-corrected chi connectivity index (χ0v) is 16.5. The quantitative estimate of drug-likeness (QED) is 0.767. The molecule has 1 fully saturated rings. The molecule has 1 aliphatic rings. The van der Waals surface area contributed by atoms with Gasteiger partial charge in [0.15, 0.2) is 0 Å². The molecule has 1 N–H and O–H groups in total. The maximum absolute atomic E-state index is 12.4. The van der Waals surface area contributed by atoms with Crippen molar-refractivity contribution in [1.29, 1.82) is 0 Å². The monoisotopic (exact) mass is 385 g/mol. The Kier molecular flexibility index (Phi) is 6.95. The van der Waals surface area contributed by atoms with Gasteiger partial charge in [0.2, 0.25) is 0 Å². The summed E-state index contributed by atoms with van der Waals surface area (Å²) in [5, 5.41) is 0. The molecule has 1 aliphatic heterocycles. The predicted molar refractivity (Wildman–Crippen MR) is 106 cm³/mol. The molecule has 0 atom stereocenters. The van der Waals surface area contributed by atoms with Crippen molar-refractivity contribution in [3.8, 4) is 11.4 Å². The first kappa shape index (κ1) is 20.2. The van der Waals surface area contributed by atoms with Crippen LogP contribution in [-0.4, -0.2) is 53.7 Å². The Bertz CT molecular complexity index is 853. The van der Waals surface area contributed by atoms with Gasteiger partial charge < -0.3 is 14.5 Å². The van der Waals surface area contributed by atoms with Crippen LogP contribution in [-0.2, 0) is 27.2 Å². The van der Waals surface area contributed by atoms with Crippen molar-refractivity contribution in [2.75, 3.05) is 32.9 Å². The van der Waals surface area contributed by atoms with Crippen LogP contribution in [0.3, 0.4) is 0 Å². The van der Waals surface area contributed by atoms with Crippen molar-refractivity contribution in [3.05, 3.63) is 51.4 Å². The molecule has 0 radical (unpaired) electrons. The van der Waals surface area contributed by atoms with Crippen LogP contribution in [0.4, 0.5) is 0 Å². The van der Waals surface area contributed by atoms with Crippen LogP contribution in [0.2, 0.25) is 0 Å². The van der Waals surface area contributed by atoms with Gasteiger partial charge in [0, 0.05) is 43.1 Å². The first-order valence-electron chi connectivity index (χ1n) is 9.71. The molecule has 2 heterocycles. The van der Waals surface area contributed by atoms with Crippen LogP contribution in [0, 0.1) is 6.92 Å². The molecule has 0 spiro atoms. The van der Waals surface area contributed by atoms with Gasteiger partial charge >= 0.3 is 5.97 Å². The second-order valence-corrected chi connectivity index (χ2v) is 6.90. The maximum Gasteiger partial charge on any atom is 0.310 e. The third-order valence-corrected chi connectivity index (χ3v) is 4.80. The Morgan fingerprint density at radius 2 is 2.04 bits per heavy atom. The van der Waals surface area contributed by atoms with Gasteiger partial charge in [-0.1, -0.05) is 24.3 Å². The van der Waals surface area contributed by atoms with Crippen molar-refractivity contribution in [2.24, 2.45) is 0 Å². The van der Waals surface area contributed by atoms with Crippen LogP contribution in [0.5, 0.6) is 0 Å². The zero-order chi connectivity index (χ0) is 19.9. The summed E-state index contributed by atoms with van der Waals surface area (Å²) in [5.41, 5.74) is 2.64. The van der Waals surface area contributed by atoms with E-state index in [0.717, 1.165) is 44.8 Å². The van der Waals surface area contributed by atoms with E-state index in [1.807, 2.05) is 12.1 Å². The molecule has 0 aliphatic carbocycles. The maximum atomic E-state index is 12.4. The van der Waals surface area contributed by atoms with E-state index >= 15 is 0 Å². The Labute approximate surface area is 164 Å². The molecule has 0 amide bonds. The molecule has 1 aromatic carbocycles. The summed E-state index contributed by atoms with van der Waals surface area (Å²) >= 11 is 0. The van der Waals surface area contributed by atoms with E-state index in [0.29, 0.717) is 17.1 Å². The lowest BCUT2D eigenvalue weighted by Gasteiger charge is -2.19. The van der Waals surface area contributed by atoms with E-state index in [2.05, 4.69) is 27.0 Å². The van der Waals surface area contributed by atoms with E-state index in [-0.39, 0.29) is 18.6 Å². The first-order valence-corrected chi connectivity index (χ1v) is 9.71. The number of aryl methyl sites for hydroxylation is 1. The van der Waals surface area contributed by atoms with Gasteiger partial charge in [0.05, 0.1) is 19.6 Å². The third-order valence-electron chi connectivity index (χ3n) is 4.80. The second kappa shape index (κ2) is 9.61. The summed E-state index contributed by atoms with van der Waals surface area (Å²) in [5.74, 6) is 0.0822. The highest BCUT2D eigenvalue weighted by molar-refractivity contribution is 5.72. The highest BCUT2D eigenvalue weighted by Gasteiger charge is 2.14. The topological polar surface area (TPSA) is 84.5 Å². The zero-order valence-electron chi connectivity index (χ0n) is 16.5. The first-order chi connectivity index (χ1) is 13.6. The molecule has 1 saturated heterocycles. The summed E-state index contributed by atoms with van der Waals surface area (Å²) in [4.78, 5) is 33.8. The lowest BCUT2D eigenvalue weighted by atomic mass is 10.1. The molecule has 3 rings (SSSR count). The summed E-state index contributed by atoms with van der Waals surface area (Å²) in [6.07, 6.45) is 0.988. The van der Waals surface area contributed by atoms with Gasteiger partial charge in [-0.05, 0) is 25.8 Å². The molecular weight excluding hydrogens is 358 g/mol. The van der Waals surface area contributed by atoms with Gasteiger partial charge in [-0.25, -0.2) is 4.98 Å². The highest BCUT2D eigenvalue weighted by atomic mass is 16.5. The predicted octanol–water partition coefficient (Wildman–Crippen LogP) is 2.07. The number of aromatic nitrogens is 2. The number of benzene rings is 1. The summed E-state index contributed by atoms with van der Waals surface area (Å²) in [7, 11) is 0. The molecule has 7 heteroatoms. The second-order valence-electron chi connectivity index (χ2n) is 6.90. The van der Waals surface area contributed by atoms with Crippen LogP contribution in [0.15, 0.2) is 29.1 Å². The van der Waals surface area contributed by atoms with Gasteiger partial charge in [-0.3, -0.25) is 14.5 Å². The Hall–Kier alpha value is -2.51. The fourth-order valence-corrected chi connectivity index (χ4v) is 3.29. The van der Waals surface area contributed by atoms with Gasteiger partial charge in [0.25, 0.3) is 5.56 Å². The van der Waals surface area contributed by atoms with Crippen molar-refractivity contribution in [1.82, 2.24) is 14.9 Å². The SMILES string of the molecule is CCOC(=O)Cc1c(C)nc(-c2ccc(CN3CCCOCC3)cc2)[nH]c1=O. The van der Waals surface area contributed by atoms with E-state index in [9.17, 15) is 9.59 Å². The number of ether oxygens (including phenoxy) is 2. The molecule has 1 aromatic heterocycles. The minimum Gasteiger partial charge on any atom is -0.466 e. The summed E-state index contributed by atoms with van der Waals surface area (Å²) in [6, 6.07) is 8.05. The Balaban J connectivity index is 1.72. The van der Waals surface area contributed by atoms with E-state index in [4.69, 9.17) is 9.47 Å². The number of H-pyrrole nitrogens is 1. The molecule has 28 heavy (non-hydrogen) atoms. The van der Waals surface area contributed by atoms with Gasteiger partial charge in [-0.2, -0.15) is 0 Å². The van der Waals surface area contributed by atoms with E-state index < -0.39 is 5.97 Å². The average Bonchev–Trinajstić information content (AvgIpc) is 2.94. The van der Waals surface area contributed by atoms with Crippen molar-refractivity contribution < 1.29 is 14.3 Å². The number of hydrogen-bond donors (Lipinski definition) is 1. The van der Waals surface area contributed by atoms with Gasteiger partial charge in [-0.15, -0.1) is 0 Å². The lowest BCUT2D eigenvalue weighted by molar-refractivity contribution is -0.142. The molecule has 0 bridgehead atoms. The van der Waals surface area contributed by atoms with Crippen LogP contribution >= 0.6 is 0 Å². The Morgan fingerprint density at radius 3 is 2.75 bits per heavy atom. The normalized spacial score (nSPS) is 15.2. The standard InChI is InChI=1S/C21H27N3O4/c1-3-28-19(25)13-18-15(2)22-20(23-21(18)26)17-7-5-16(6-8-17)14-24-9-4-11-27-12-10-24/h5-8H,3-4,9-14H2,1-2H3,(H,22,23,26). The van der Waals surface area contributed by atoms with Crippen molar-refractivity contribution >= 4 is 5.97 Å². The smallest absolute Gasteiger partial charge is 0.310 e. The molecular formula is C21H27N3O4. The average molecular weight is 385 g/mol. The number of esters is 1. The lowest BCUT2D eigenvalue weighted by Crippen LogP contribution is -2.25. The van der Waals surface area contributed by atoms with E-state index in [1.165, 1.54) is 5.56 Å². The molecule has 7 nitrogen and oxygen atoms in total. The van der Waals surface area contributed by atoms with Crippen molar-refractivity contribution in [2.45, 2.75) is 33.2 Å². The number of aromatic amines is 1. The fraction of sp³-hybridized carbons (Fsp3) is 0.476. The number of nitrogens with one attached hydrogen (secondary N) is 1. The highest BCUT2D eigenvalue weighted by Crippen LogP contribution is 2.17. The van der Waals surface area contributed by atoms with Crippen LogP contribution in [0.25, 0.3) is 11.4 Å². The van der Waals surface area contributed by atoms with E-state index in [1.54, 1.807) is 13.8 Å². The summed E-state index contributed by atoms with van der Waals surface area (Å²) < 4.78 is 10.4. The molecule has 0 saturated carbocycles. The number of rotatable bonds is 6. The minimum absolute atomic E-state index is 0.0687. The molecule has 150 valence electrons. The van der Waals surface area contributed by atoms with Crippen LogP contribution < -0.4 is 5.56 Å². The third kappa shape index (κ3) is 5.27. The number of nitrogens with zero attached hydrogens (tertiary/aromatic N) is 2. The number of carbonyl (C=O) groups is 1. The largest absolute Gasteiger partial charge is 0.466 e.